The molecular weight excluding hydrogens is 420 g/mol. The smallest absolute Gasteiger partial charge is 0.267 e. The SMILES string of the molecule is O=C(Nc1cc(Cl)c(Cl)cc1Cl)c1sc2cccc(Cl)c2c1Cl. The third kappa shape index (κ3) is 3.27. The number of halogens is 5. The molecule has 1 heterocycles. The van der Waals surface area contributed by atoms with Crippen LogP contribution in [0.3, 0.4) is 0 Å². The Morgan fingerprint density at radius 3 is 2.30 bits per heavy atom. The van der Waals surface area contributed by atoms with Crippen molar-refractivity contribution in [3.8, 4) is 0 Å². The molecule has 2 aromatic carbocycles. The number of hydrogen-bond acceptors (Lipinski definition) is 2. The topological polar surface area (TPSA) is 29.1 Å². The Labute approximate surface area is 160 Å². The maximum absolute atomic E-state index is 12.5. The number of amides is 1. The van der Waals surface area contributed by atoms with Crippen LogP contribution >= 0.6 is 69.3 Å². The van der Waals surface area contributed by atoms with Gasteiger partial charge in [-0.2, -0.15) is 0 Å². The minimum atomic E-state index is -0.396. The zero-order valence-corrected chi connectivity index (χ0v) is 15.7. The van der Waals surface area contributed by atoms with Crippen LogP contribution in [0.1, 0.15) is 9.67 Å². The summed E-state index contributed by atoms with van der Waals surface area (Å²) in [5.74, 6) is -0.396. The highest BCUT2D eigenvalue weighted by Crippen LogP contribution is 2.40. The predicted molar refractivity (Wildman–Crippen MR) is 101 cm³/mol. The second-order valence-electron chi connectivity index (χ2n) is 4.56. The van der Waals surface area contributed by atoms with Gasteiger partial charge in [-0.05, 0) is 24.3 Å². The molecule has 0 unspecified atom stereocenters. The number of nitrogens with one attached hydrogen (secondary N) is 1. The number of thiophene rings is 1. The lowest BCUT2D eigenvalue weighted by Crippen LogP contribution is -2.11. The van der Waals surface area contributed by atoms with E-state index in [1.165, 1.54) is 23.5 Å². The van der Waals surface area contributed by atoms with Crippen LogP contribution in [0.2, 0.25) is 25.1 Å². The van der Waals surface area contributed by atoms with Crippen LogP contribution in [0, 0.1) is 0 Å². The van der Waals surface area contributed by atoms with E-state index >= 15 is 0 Å². The molecule has 0 atom stereocenters. The van der Waals surface area contributed by atoms with Gasteiger partial charge in [-0.3, -0.25) is 4.79 Å². The average molecular weight is 426 g/mol. The van der Waals surface area contributed by atoms with Crippen LogP contribution in [0.15, 0.2) is 30.3 Å². The first-order chi connectivity index (χ1) is 10.9. The molecule has 1 amide bonds. The minimum Gasteiger partial charge on any atom is -0.320 e. The Bertz CT molecular complexity index is 937. The molecule has 2 nitrogen and oxygen atoms in total. The third-order valence-electron chi connectivity index (χ3n) is 3.07. The van der Waals surface area contributed by atoms with Crippen molar-refractivity contribution in [3.05, 3.63) is 60.3 Å². The van der Waals surface area contributed by atoms with Crippen molar-refractivity contribution < 1.29 is 4.79 Å². The normalized spacial score (nSPS) is 11.0. The Kier molecular flexibility index (Phi) is 4.98. The van der Waals surface area contributed by atoms with Crippen LogP contribution < -0.4 is 5.32 Å². The van der Waals surface area contributed by atoms with Crippen molar-refractivity contribution in [2.45, 2.75) is 0 Å². The quantitative estimate of drug-likeness (QED) is 0.425. The van der Waals surface area contributed by atoms with Gasteiger partial charge >= 0.3 is 0 Å². The van der Waals surface area contributed by atoms with Gasteiger partial charge in [0.05, 0.1) is 30.8 Å². The Morgan fingerprint density at radius 2 is 1.61 bits per heavy atom. The van der Waals surface area contributed by atoms with Crippen molar-refractivity contribution in [2.75, 3.05) is 5.32 Å². The second kappa shape index (κ2) is 6.67. The lowest BCUT2D eigenvalue weighted by molar-refractivity contribution is 0.103. The lowest BCUT2D eigenvalue weighted by atomic mass is 10.2. The third-order valence-corrected chi connectivity index (χ3v) is 6.06. The standard InChI is InChI=1S/C15H6Cl5NOS/c16-6-2-1-3-11-12(6)13(20)14(23-11)15(22)21-10-5-8(18)7(17)4-9(10)19/h1-5H,(H,21,22). The first-order valence-electron chi connectivity index (χ1n) is 6.21. The largest absolute Gasteiger partial charge is 0.320 e. The Hall–Kier alpha value is -0.680. The summed E-state index contributed by atoms with van der Waals surface area (Å²) in [6.07, 6.45) is 0. The van der Waals surface area contributed by atoms with E-state index in [2.05, 4.69) is 5.32 Å². The highest BCUT2D eigenvalue weighted by atomic mass is 35.5. The number of carbonyl (C=O) groups excluding carboxylic acids is 1. The van der Waals surface area contributed by atoms with Crippen molar-refractivity contribution in [2.24, 2.45) is 0 Å². The number of rotatable bonds is 2. The molecule has 1 aromatic heterocycles. The summed E-state index contributed by atoms with van der Waals surface area (Å²) >= 11 is 31.6. The second-order valence-corrected chi connectivity index (χ2v) is 7.62. The highest BCUT2D eigenvalue weighted by Gasteiger charge is 2.20. The van der Waals surface area contributed by atoms with Crippen molar-refractivity contribution in [1.82, 2.24) is 0 Å². The van der Waals surface area contributed by atoms with Gasteiger partial charge in [0.25, 0.3) is 5.91 Å². The maximum Gasteiger partial charge on any atom is 0.267 e. The van der Waals surface area contributed by atoms with E-state index < -0.39 is 5.91 Å². The lowest BCUT2D eigenvalue weighted by Gasteiger charge is -2.08. The molecule has 118 valence electrons. The number of benzene rings is 2. The van der Waals surface area contributed by atoms with Gasteiger partial charge < -0.3 is 5.32 Å². The molecule has 23 heavy (non-hydrogen) atoms. The first-order valence-corrected chi connectivity index (χ1v) is 8.91. The summed E-state index contributed by atoms with van der Waals surface area (Å²) in [7, 11) is 0. The molecule has 0 bridgehead atoms. The average Bonchev–Trinajstić information content (AvgIpc) is 2.83. The fourth-order valence-corrected chi connectivity index (χ4v) is 4.46. The van der Waals surface area contributed by atoms with E-state index in [1.54, 1.807) is 12.1 Å². The Balaban J connectivity index is 2.00. The Morgan fingerprint density at radius 1 is 0.913 bits per heavy atom. The van der Waals surface area contributed by atoms with Gasteiger partial charge in [-0.1, -0.05) is 64.1 Å². The molecular formula is C15H6Cl5NOS. The maximum atomic E-state index is 12.5. The van der Waals surface area contributed by atoms with E-state index in [0.29, 0.717) is 31.0 Å². The van der Waals surface area contributed by atoms with Crippen LogP contribution in [-0.2, 0) is 0 Å². The first kappa shape index (κ1) is 17.2. The van der Waals surface area contributed by atoms with Crippen molar-refractivity contribution in [3.63, 3.8) is 0 Å². The highest BCUT2D eigenvalue weighted by molar-refractivity contribution is 7.21. The molecule has 0 aliphatic rings. The van der Waals surface area contributed by atoms with Gasteiger partial charge in [-0.15, -0.1) is 11.3 Å². The van der Waals surface area contributed by atoms with E-state index in [-0.39, 0.29) is 10.0 Å². The molecule has 1 N–H and O–H groups in total. The van der Waals surface area contributed by atoms with Crippen LogP contribution in [-0.4, -0.2) is 5.91 Å². The number of hydrogen-bond donors (Lipinski definition) is 1. The summed E-state index contributed by atoms with van der Waals surface area (Å²) in [5.41, 5.74) is 0.352. The summed E-state index contributed by atoms with van der Waals surface area (Å²) in [6.45, 7) is 0. The summed E-state index contributed by atoms with van der Waals surface area (Å²) < 4.78 is 0.827. The zero-order valence-electron chi connectivity index (χ0n) is 11.1. The molecule has 0 aliphatic heterocycles. The van der Waals surface area contributed by atoms with E-state index in [1.807, 2.05) is 6.07 Å². The van der Waals surface area contributed by atoms with Crippen LogP contribution in [0.25, 0.3) is 10.1 Å². The summed E-state index contributed by atoms with van der Waals surface area (Å²) in [6, 6.07) is 8.32. The summed E-state index contributed by atoms with van der Waals surface area (Å²) in [4.78, 5) is 12.8. The van der Waals surface area contributed by atoms with Gasteiger partial charge in [0.2, 0.25) is 0 Å². The van der Waals surface area contributed by atoms with Crippen molar-refractivity contribution >= 4 is 91.0 Å². The number of anilines is 1. The predicted octanol–water partition coefficient (Wildman–Crippen LogP) is 7.42. The molecule has 0 radical (unpaired) electrons. The summed E-state index contributed by atoms with van der Waals surface area (Å²) in [5, 5.41) is 5.02. The van der Waals surface area contributed by atoms with Gasteiger partial charge in [0.1, 0.15) is 4.88 Å². The fourth-order valence-electron chi connectivity index (χ4n) is 2.01. The molecule has 0 aliphatic carbocycles. The zero-order chi connectivity index (χ0) is 16.7. The molecule has 0 saturated heterocycles. The minimum absolute atomic E-state index is 0.281. The fraction of sp³-hybridized carbons (Fsp3) is 0. The molecule has 8 heteroatoms. The van der Waals surface area contributed by atoms with E-state index in [0.717, 1.165) is 4.70 Å². The van der Waals surface area contributed by atoms with Crippen molar-refractivity contribution in [1.29, 1.82) is 0 Å². The van der Waals surface area contributed by atoms with Gasteiger partial charge in [-0.25, -0.2) is 0 Å². The van der Waals surface area contributed by atoms with Crippen LogP contribution in [0.4, 0.5) is 5.69 Å². The van der Waals surface area contributed by atoms with E-state index in [9.17, 15) is 4.79 Å². The molecule has 0 saturated carbocycles. The van der Waals surface area contributed by atoms with Crippen LogP contribution in [0.5, 0.6) is 0 Å². The van der Waals surface area contributed by atoms with Gasteiger partial charge in [0.15, 0.2) is 0 Å². The molecule has 0 fully saturated rings. The molecule has 3 aromatic rings. The molecule has 0 spiro atoms. The van der Waals surface area contributed by atoms with E-state index in [4.69, 9.17) is 58.0 Å². The number of carbonyl (C=O) groups is 1. The van der Waals surface area contributed by atoms with Gasteiger partial charge in [0, 0.05) is 10.1 Å². The molecule has 3 rings (SSSR count). The monoisotopic (exact) mass is 423 g/mol. The number of fused-ring (bicyclic) bond motifs is 1.